The molecule has 0 amide bonds. The fourth-order valence-electron chi connectivity index (χ4n) is 5.81. The van der Waals surface area contributed by atoms with Crippen molar-refractivity contribution in [3.8, 4) is 59.9 Å². The van der Waals surface area contributed by atoms with Crippen molar-refractivity contribution in [2.75, 3.05) is 0 Å². The van der Waals surface area contributed by atoms with E-state index in [9.17, 15) is 29.7 Å². The van der Waals surface area contributed by atoms with Crippen LogP contribution in [0, 0.1) is 6.92 Å². The van der Waals surface area contributed by atoms with Gasteiger partial charge in [0.15, 0.2) is 0 Å². The van der Waals surface area contributed by atoms with E-state index in [1.807, 2.05) is 18.2 Å². The molecule has 5 aromatic heterocycles. The Kier molecular flexibility index (Phi) is 10.2. The molecule has 0 spiro atoms. The fraction of sp³-hybridized carbons (Fsp3) is 0.125. The number of aryl methyl sites for hydroxylation is 3. The van der Waals surface area contributed by atoms with Crippen LogP contribution in [-0.2, 0) is 22.4 Å². The van der Waals surface area contributed by atoms with Crippen molar-refractivity contribution in [2.45, 2.75) is 32.6 Å². The van der Waals surface area contributed by atoms with Gasteiger partial charge in [0.1, 0.15) is 0 Å². The summed E-state index contributed by atoms with van der Waals surface area (Å²) in [6, 6.07) is 32.0. The summed E-state index contributed by atoms with van der Waals surface area (Å²) in [5.74, 6) is -2.66. The number of aromatic carboxylic acids is 1. The Morgan fingerprint density at radius 1 is 0.490 bits per heavy atom. The summed E-state index contributed by atoms with van der Waals surface area (Å²) >= 11 is 8.25. The average molecular weight is 767 g/mol. The first-order chi connectivity index (χ1) is 24.6. The molecule has 11 heteroatoms. The molecule has 51 heavy (non-hydrogen) atoms. The van der Waals surface area contributed by atoms with Crippen LogP contribution in [0.4, 0.5) is 0 Å². The molecule has 6 nitrogen and oxygen atoms in total. The smallest absolute Gasteiger partial charge is 0.335 e. The Labute approximate surface area is 314 Å². The maximum Gasteiger partial charge on any atom is 0.335 e. The summed E-state index contributed by atoms with van der Waals surface area (Å²) in [6.07, 6.45) is 0.866. The lowest BCUT2D eigenvalue weighted by molar-refractivity contribution is -0.138. The number of hydrogen-bond acceptors (Lipinski definition) is 8. The third kappa shape index (κ3) is 7.83. The molecular weight excluding hydrogens is 737 g/mol. The second-order valence-electron chi connectivity index (χ2n) is 12.0. The lowest BCUT2D eigenvalue weighted by atomic mass is 10.1. The largest absolute Gasteiger partial charge is 0.481 e. The van der Waals surface area contributed by atoms with E-state index >= 15 is 0 Å². The van der Waals surface area contributed by atoms with Crippen LogP contribution in [0.3, 0.4) is 0 Å². The Bertz CT molecular complexity index is 2400. The molecule has 0 saturated heterocycles. The van der Waals surface area contributed by atoms with Gasteiger partial charge in [0.25, 0.3) is 0 Å². The number of carbonyl (C=O) groups is 3. The Balaban J connectivity index is 1.22. The van der Waals surface area contributed by atoms with Gasteiger partial charge in [-0.15, -0.1) is 56.7 Å². The second kappa shape index (κ2) is 14.9. The number of carboxylic acids is 3. The number of carboxylic acid groups (broad SMARTS) is 3. The molecule has 256 valence electrons. The first kappa shape index (κ1) is 34.8. The molecule has 0 fully saturated rings. The lowest BCUT2D eigenvalue weighted by Crippen LogP contribution is -1.97. The van der Waals surface area contributed by atoms with Crippen LogP contribution < -0.4 is 0 Å². The van der Waals surface area contributed by atoms with Gasteiger partial charge in [-0.1, -0.05) is 42.0 Å². The van der Waals surface area contributed by atoms with Crippen molar-refractivity contribution >= 4 is 74.6 Å². The molecule has 0 unspecified atom stereocenters. The first-order valence-corrected chi connectivity index (χ1v) is 20.1. The zero-order valence-electron chi connectivity index (χ0n) is 27.2. The first-order valence-electron chi connectivity index (χ1n) is 16.0. The maximum absolute atomic E-state index is 11.6. The minimum absolute atomic E-state index is 0.0120. The summed E-state index contributed by atoms with van der Waals surface area (Å²) in [6.45, 7) is 2.09. The van der Waals surface area contributed by atoms with E-state index in [2.05, 4.69) is 67.6 Å². The number of hydrogen-bond donors (Lipinski definition) is 3. The summed E-state index contributed by atoms with van der Waals surface area (Å²) in [7, 11) is 0. The van der Waals surface area contributed by atoms with Crippen molar-refractivity contribution in [3.63, 3.8) is 0 Å². The molecule has 0 aliphatic heterocycles. The van der Waals surface area contributed by atoms with Gasteiger partial charge >= 0.3 is 17.9 Å². The van der Waals surface area contributed by atoms with Gasteiger partial charge in [0.2, 0.25) is 0 Å². The average Bonchev–Trinajstić information content (AvgIpc) is 3.95. The SMILES string of the molecule is Cc1cccc(-c2ccc(-c3cc(CCC(=O)O)c(-c4ccc(-c5sc(-c6ccc(-c7cccc(C(=O)O)c7)s6)cc5CCC(=O)O)s4)s3)s2)c1. The van der Waals surface area contributed by atoms with E-state index in [4.69, 9.17) is 0 Å². The molecule has 0 bridgehead atoms. The summed E-state index contributed by atoms with van der Waals surface area (Å²) in [5, 5.41) is 28.5. The molecule has 7 rings (SSSR count). The summed E-state index contributed by atoms with van der Waals surface area (Å²) in [4.78, 5) is 45.3. The predicted molar refractivity (Wildman–Crippen MR) is 212 cm³/mol. The van der Waals surface area contributed by atoms with E-state index in [1.165, 1.54) is 16.0 Å². The topological polar surface area (TPSA) is 112 Å². The van der Waals surface area contributed by atoms with Crippen molar-refractivity contribution in [2.24, 2.45) is 0 Å². The van der Waals surface area contributed by atoms with Crippen LogP contribution in [-0.4, -0.2) is 33.2 Å². The van der Waals surface area contributed by atoms with E-state index in [0.717, 1.165) is 60.6 Å². The van der Waals surface area contributed by atoms with Crippen LogP contribution in [0.5, 0.6) is 0 Å². The second-order valence-corrected chi connectivity index (χ2v) is 17.3. The molecule has 3 N–H and O–H groups in total. The van der Waals surface area contributed by atoms with Gasteiger partial charge < -0.3 is 15.3 Å². The zero-order valence-corrected chi connectivity index (χ0v) is 31.3. The van der Waals surface area contributed by atoms with Crippen molar-refractivity contribution in [1.82, 2.24) is 0 Å². The van der Waals surface area contributed by atoms with Crippen LogP contribution in [0.15, 0.2) is 97.1 Å². The standard InChI is InChI=1S/C40H30O6S5/c1-22-4-2-5-23(18-22)28-10-12-30(47-28)34-20-25(8-16-36(41)42)38(50-34)32-14-15-33(49-32)39-26(9-17-37(43)44)21-35(51-39)31-13-11-29(48-31)24-6-3-7-27(19-24)40(45)46/h2-7,10-15,18-21H,8-9,16-17H2,1H3,(H,41,42)(H,43,44)(H,45,46). The van der Waals surface area contributed by atoms with Crippen LogP contribution >= 0.6 is 56.7 Å². The summed E-state index contributed by atoms with van der Waals surface area (Å²) < 4.78 is 0. The molecule has 0 saturated carbocycles. The normalized spacial score (nSPS) is 11.2. The number of aliphatic carboxylic acids is 2. The Morgan fingerprint density at radius 3 is 1.43 bits per heavy atom. The molecule has 0 aliphatic rings. The van der Waals surface area contributed by atoms with Crippen LogP contribution in [0.2, 0.25) is 0 Å². The summed E-state index contributed by atoms with van der Waals surface area (Å²) in [5.41, 5.74) is 5.42. The maximum atomic E-state index is 11.6. The van der Waals surface area contributed by atoms with E-state index in [0.29, 0.717) is 12.8 Å². The quantitative estimate of drug-likeness (QED) is 0.108. The van der Waals surface area contributed by atoms with Crippen molar-refractivity contribution in [3.05, 3.63) is 119 Å². The number of rotatable bonds is 13. The Morgan fingerprint density at radius 2 is 0.941 bits per heavy atom. The van der Waals surface area contributed by atoms with Gasteiger partial charge in [-0.2, -0.15) is 0 Å². The molecule has 5 heterocycles. The molecule has 7 aromatic rings. The lowest BCUT2D eigenvalue weighted by Gasteiger charge is -2.01. The van der Waals surface area contributed by atoms with E-state index in [1.54, 1.807) is 74.9 Å². The van der Waals surface area contributed by atoms with Gasteiger partial charge in [-0.3, -0.25) is 9.59 Å². The third-order valence-corrected chi connectivity index (χ3v) is 14.7. The minimum Gasteiger partial charge on any atom is -0.481 e. The minimum atomic E-state index is -0.971. The fourth-order valence-corrected chi connectivity index (χ4v) is 11.7. The van der Waals surface area contributed by atoms with Crippen molar-refractivity contribution in [1.29, 1.82) is 0 Å². The van der Waals surface area contributed by atoms with E-state index in [-0.39, 0.29) is 18.4 Å². The molecule has 2 aromatic carbocycles. The van der Waals surface area contributed by atoms with Gasteiger partial charge in [0.05, 0.1) is 5.56 Å². The van der Waals surface area contributed by atoms with Gasteiger partial charge in [-0.25, -0.2) is 4.79 Å². The number of benzene rings is 2. The molecule has 0 aliphatic carbocycles. The third-order valence-electron chi connectivity index (χ3n) is 8.28. The van der Waals surface area contributed by atoms with E-state index < -0.39 is 17.9 Å². The monoisotopic (exact) mass is 766 g/mol. The van der Waals surface area contributed by atoms with Gasteiger partial charge in [-0.05, 0) is 103 Å². The molecule has 0 atom stereocenters. The zero-order chi connectivity index (χ0) is 35.6. The highest BCUT2D eigenvalue weighted by molar-refractivity contribution is 7.30. The van der Waals surface area contributed by atoms with Crippen molar-refractivity contribution < 1.29 is 29.7 Å². The predicted octanol–water partition coefficient (Wildman–Crippen LogP) is 12.0. The molecular formula is C40H30O6S5. The highest BCUT2D eigenvalue weighted by Gasteiger charge is 2.21. The Hall–Kier alpha value is -4.65. The highest BCUT2D eigenvalue weighted by atomic mass is 32.1. The number of thiophene rings is 5. The highest BCUT2D eigenvalue weighted by Crippen LogP contribution is 2.49. The van der Waals surface area contributed by atoms with Crippen LogP contribution in [0.25, 0.3) is 59.9 Å². The van der Waals surface area contributed by atoms with Gasteiger partial charge in [0, 0.05) is 61.6 Å². The van der Waals surface area contributed by atoms with Crippen LogP contribution in [0.1, 0.15) is 39.9 Å². The molecule has 0 radical (unpaired) electrons.